The Labute approximate surface area is 175 Å². The number of pyridine rings is 1. The number of methoxy groups -OCH3 is 1. The number of fused-ring (bicyclic) bond motifs is 1. The first kappa shape index (κ1) is 19.9. The van der Waals surface area contributed by atoms with E-state index in [4.69, 9.17) is 0 Å². The lowest BCUT2D eigenvalue weighted by Gasteiger charge is -2.09. The quantitative estimate of drug-likeness (QED) is 0.438. The van der Waals surface area contributed by atoms with E-state index in [2.05, 4.69) is 20.1 Å². The molecular weight excluding hydrogens is 400 g/mol. The molecule has 1 amide bonds. The number of benzene rings is 2. The lowest BCUT2D eigenvalue weighted by molar-refractivity contribution is 0.0600. The summed E-state index contributed by atoms with van der Waals surface area (Å²) in [6.45, 7) is 1.92. The number of nitrogens with one attached hydrogen (secondary N) is 2. The second kappa shape index (κ2) is 7.79. The predicted molar refractivity (Wildman–Crippen MR) is 114 cm³/mol. The smallest absolute Gasteiger partial charge is 0.337 e. The summed E-state index contributed by atoms with van der Waals surface area (Å²) in [4.78, 5) is 39.7. The van der Waals surface area contributed by atoms with Gasteiger partial charge in [0.1, 0.15) is 17.0 Å². The van der Waals surface area contributed by atoms with Crippen molar-refractivity contribution in [3.05, 3.63) is 81.8 Å². The van der Waals surface area contributed by atoms with Crippen molar-refractivity contribution in [1.82, 2.24) is 14.8 Å². The summed E-state index contributed by atoms with van der Waals surface area (Å²) in [6, 6.07) is 13.5. The molecule has 9 heteroatoms. The van der Waals surface area contributed by atoms with Crippen LogP contribution in [0.15, 0.2) is 59.5 Å². The summed E-state index contributed by atoms with van der Waals surface area (Å²) in [5.74, 6) is -1.88. The van der Waals surface area contributed by atoms with Gasteiger partial charge >= 0.3 is 5.97 Å². The number of aryl methyl sites for hydroxylation is 1. The number of amides is 1. The van der Waals surface area contributed by atoms with E-state index in [9.17, 15) is 19.5 Å². The lowest BCUT2D eigenvalue weighted by atomic mass is 10.1. The number of hydrogen-bond donors (Lipinski definition) is 3. The van der Waals surface area contributed by atoms with Gasteiger partial charge in [-0.2, -0.15) is 5.10 Å². The minimum Gasteiger partial charge on any atom is -0.506 e. The molecule has 31 heavy (non-hydrogen) atoms. The molecule has 0 radical (unpaired) electrons. The Morgan fingerprint density at radius 1 is 1.16 bits per heavy atom. The highest BCUT2D eigenvalue weighted by atomic mass is 16.5. The number of aromatic hydroxyl groups is 1. The van der Waals surface area contributed by atoms with Gasteiger partial charge in [-0.1, -0.05) is 18.2 Å². The molecule has 4 aromatic rings. The van der Waals surface area contributed by atoms with Crippen LogP contribution in [0.2, 0.25) is 0 Å². The largest absolute Gasteiger partial charge is 0.506 e. The van der Waals surface area contributed by atoms with Gasteiger partial charge in [0.2, 0.25) is 0 Å². The van der Waals surface area contributed by atoms with Gasteiger partial charge in [-0.25, -0.2) is 9.48 Å². The van der Waals surface area contributed by atoms with Gasteiger partial charge in [-0.05, 0) is 42.8 Å². The molecule has 4 rings (SSSR count). The third-order valence-corrected chi connectivity index (χ3v) is 4.73. The van der Waals surface area contributed by atoms with Gasteiger partial charge in [0.15, 0.2) is 0 Å². The minimum absolute atomic E-state index is 0.217. The summed E-state index contributed by atoms with van der Waals surface area (Å²) in [5.41, 5.74) is 1.22. The van der Waals surface area contributed by atoms with Crippen LogP contribution in [0.5, 0.6) is 5.75 Å². The van der Waals surface area contributed by atoms with Gasteiger partial charge in [0.25, 0.3) is 11.5 Å². The Morgan fingerprint density at radius 3 is 2.68 bits per heavy atom. The first-order valence-electron chi connectivity index (χ1n) is 9.29. The van der Waals surface area contributed by atoms with Gasteiger partial charge in [0.05, 0.1) is 29.9 Å². The van der Waals surface area contributed by atoms with E-state index >= 15 is 0 Å². The van der Waals surface area contributed by atoms with Crippen LogP contribution in [0.3, 0.4) is 0 Å². The van der Waals surface area contributed by atoms with E-state index < -0.39 is 28.7 Å². The third-order valence-electron chi connectivity index (χ3n) is 4.73. The van der Waals surface area contributed by atoms with E-state index in [1.807, 2.05) is 31.2 Å². The molecule has 2 heterocycles. The fraction of sp³-hybridized carbons (Fsp3) is 0.0909. The highest BCUT2D eigenvalue weighted by Crippen LogP contribution is 2.27. The average Bonchev–Trinajstić information content (AvgIpc) is 3.17. The summed E-state index contributed by atoms with van der Waals surface area (Å²) in [6.07, 6.45) is 1.37. The monoisotopic (exact) mass is 418 g/mol. The predicted octanol–water partition coefficient (Wildman–Crippen LogP) is 2.77. The van der Waals surface area contributed by atoms with Gasteiger partial charge in [0, 0.05) is 5.69 Å². The number of anilines is 1. The number of aromatic amines is 1. The number of ether oxygens (including phenoxy) is 1. The summed E-state index contributed by atoms with van der Waals surface area (Å²) >= 11 is 0. The molecule has 2 aromatic carbocycles. The molecular formula is C22H18N4O5. The topological polar surface area (TPSA) is 126 Å². The van der Waals surface area contributed by atoms with Crippen molar-refractivity contribution in [3.63, 3.8) is 0 Å². The van der Waals surface area contributed by atoms with Crippen molar-refractivity contribution in [1.29, 1.82) is 0 Å². The van der Waals surface area contributed by atoms with Crippen LogP contribution in [0.4, 0.5) is 5.69 Å². The molecule has 9 nitrogen and oxygen atoms in total. The molecule has 3 N–H and O–H groups in total. The average molecular weight is 418 g/mol. The lowest BCUT2D eigenvalue weighted by Crippen LogP contribution is -2.24. The molecule has 0 aliphatic rings. The SMILES string of the molecule is COC(=O)c1cccc(NC(=O)c2c(O)c3cnn(-c4cccc(C)c4)c3[nH]c2=O)c1. The molecule has 0 bridgehead atoms. The number of carbonyl (C=O) groups excluding carboxylic acids is 2. The van der Waals surface area contributed by atoms with Crippen LogP contribution in [0, 0.1) is 6.92 Å². The fourth-order valence-electron chi connectivity index (χ4n) is 3.26. The van der Waals surface area contributed by atoms with Crippen molar-refractivity contribution >= 4 is 28.6 Å². The summed E-state index contributed by atoms with van der Waals surface area (Å²) in [5, 5.41) is 17.6. The maximum absolute atomic E-state index is 12.7. The van der Waals surface area contributed by atoms with Crippen molar-refractivity contribution < 1.29 is 19.4 Å². The van der Waals surface area contributed by atoms with Crippen LogP contribution < -0.4 is 10.9 Å². The second-order valence-electron chi connectivity index (χ2n) is 6.86. The highest BCUT2D eigenvalue weighted by molar-refractivity contribution is 6.09. The van der Waals surface area contributed by atoms with Crippen molar-refractivity contribution in [2.24, 2.45) is 0 Å². The molecule has 0 unspecified atom stereocenters. The van der Waals surface area contributed by atoms with E-state index in [-0.39, 0.29) is 22.3 Å². The van der Waals surface area contributed by atoms with Crippen LogP contribution in [0.1, 0.15) is 26.3 Å². The normalized spacial score (nSPS) is 10.8. The van der Waals surface area contributed by atoms with Gasteiger partial charge < -0.3 is 20.1 Å². The van der Waals surface area contributed by atoms with Gasteiger partial charge in [-0.3, -0.25) is 9.59 Å². The Bertz CT molecular complexity index is 1390. The molecule has 156 valence electrons. The standard InChI is InChI=1S/C22H18N4O5/c1-12-5-3-8-15(9-12)26-19-16(11-23-26)18(27)17(21(29)25-19)20(28)24-14-7-4-6-13(10-14)22(30)31-2/h3-11H,1-2H3,(H,24,28)(H2,25,27,29). The Hall–Kier alpha value is -4.40. The van der Waals surface area contributed by atoms with Crippen LogP contribution in [-0.2, 0) is 4.74 Å². The number of nitrogens with zero attached hydrogens (tertiary/aromatic N) is 2. The third kappa shape index (κ3) is 3.64. The zero-order valence-electron chi connectivity index (χ0n) is 16.7. The number of hydrogen-bond acceptors (Lipinski definition) is 6. The molecule has 0 spiro atoms. The number of rotatable bonds is 4. The Balaban J connectivity index is 1.73. The van der Waals surface area contributed by atoms with Gasteiger partial charge in [-0.15, -0.1) is 0 Å². The molecule has 0 fully saturated rings. The number of aromatic nitrogens is 3. The van der Waals surface area contributed by atoms with E-state index in [1.54, 1.807) is 12.1 Å². The maximum Gasteiger partial charge on any atom is 0.337 e. The summed E-state index contributed by atoms with van der Waals surface area (Å²) in [7, 11) is 1.25. The van der Waals surface area contributed by atoms with Crippen LogP contribution in [-0.4, -0.2) is 38.9 Å². The first-order valence-corrected chi connectivity index (χ1v) is 9.29. The molecule has 0 aliphatic carbocycles. The zero-order valence-corrected chi connectivity index (χ0v) is 16.7. The molecule has 0 saturated heterocycles. The van der Waals surface area contributed by atoms with Crippen molar-refractivity contribution in [2.75, 3.05) is 12.4 Å². The van der Waals surface area contributed by atoms with E-state index in [0.29, 0.717) is 5.69 Å². The van der Waals surface area contributed by atoms with Crippen molar-refractivity contribution in [2.45, 2.75) is 6.92 Å². The Morgan fingerprint density at radius 2 is 1.94 bits per heavy atom. The van der Waals surface area contributed by atoms with Crippen LogP contribution in [0.25, 0.3) is 16.7 Å². The first-order chi connectivity index (χ1) is 14.9. The fourth-order valence-corrected chi connectivity index (χ4v) is 3.26. The highest BCUT2D eigenvalue weighted by Gasteiger charge is 2.22. The summed E-state index contributed by atoms with van der Waals surface area (Å²) < 4.78 is 6.13. The molecule has 0 aliphatic heterocycles. The molecule has 2 aromatic heterocycles. The van der Waals surface area contributed by atoms with E-state index in [0.717, 1.165) is 5.56 Å². The Kier molecular flexibility index (Phi) is 5.00. The second-order valence-corrected chi connectivity index (χ2v) is 6.86. The number of esters is 1. The van der Waals surface area contributed by atoms with Crippen LogP contribution >= 0.6 is 0 Å². The maximum atomic E-state index is 12.7. The number of H-pyrrole nitrogens is 1. The minimum atomic E-state index is -0.828. The molecule has 0 saturated carbocycles. The van der Waals surface area contributed by atoms with Crippen molar-refractivity contribution in [3.8, 4) is 11.4 Å². The number of carbonyl (C=O) groups is 2. The van der Waals surface area contributed by atoms with E-state index in [1.165, 1.54) is 30.1 Å². The molecule has 0 atom stereocenters. The zero-order chi connectivity index (χ0) is 22.1.